The molecule has 0 aliphatic rings. The molecule has 1 atom stereocenters. The number of hydrogen-bond acceptors (Lipinski definition) is 1. The maximum absolute atomic E-state index is 9.47. The van der Waals surface area contributed by atoms with Gasteiger partial charge in [0.15, 0.2) is 0 Å². The molecular formula is C20H16NP. The highest BCUT2D eigenvalue weighted by Crippen LogP contribution is 2.33. The highest BCUT2D eigenvalue weighted by atomic mass is 31.1. The standard InChI is InChI=1S/C20H16NP/c1-16-11-13-19(14-12-16)22(18-8-3-2-4-9-18)20-10-6-5-7-17(20)15-21/h2-14H,1H3. The van der Waals surface area contributed by atoms with E-state index in [0.717, 1.165) is 10.9 Å². The molecule has 0 aliphatic carbocycles. The Bertz CT molecular complexity index is 801. The van der Waals surface area contributed by atoms with Crippen molar-refractivity contribution < 1.29 is 0 Å². The predicted octanol–water partition coefficient (Wildman–Crippen LogP) is 3.62. The largest absolute Gasteiger partial charge is 0.192 e. The summed E-state index contributed by atoms with van der Waals surface area (Å²) in [5.74, 6) is 0. The molecule has 3 aromatic carbocycles. The minimum Gasteiger partial charge on any atom is -0.192 e. The van der Waals surface area contributed by atoms with Crippen molar-refractivity contribution in [1.29, 1.82) is 5.26 Å². The molecule has 106 valence electrons. The van der Waals surface area contributed by atoms with Crippen LogP contribution < -0.4 is 15.9 Å². The Labute approximate surface area is 132 Å². The number of rotatable bonds is 3. The van der Waals surface area contributed by atoms with Crippen molar-refractivity contribution in [2.75, 3.05) is 0 Å². The van der Waals surface area contributed by atoms with Crippen LogP contribution in [0.4, 0.5) is 0 Å². The van der Waals surface area contributed by atoms with Gasteiger partial charge in [0, 0.05) is 5.30 Å². The van der Waals surface area contributed by atoms with E-state index in [1.165, 1.54) is 16.2 Å². The van der Waals surface area contributed by atoms with Crippen LogP contribution in [0.3, 0.4) is 0 Å². The molecule has 0 aliphatic heterocycles. The highest BCUT2D eigenvalue weighted by Gasteiger charge is 2.18. The molecule has 0 spiro atoms. The van der Waals surface area contributed by atoms with E-state index in [-0.39, 0.29) is 0 Å². The first-order valence-corrected chi connectivity index (χ1v) is 8.55. The second-order valence-corrected chi connectivity index (χ2v) is 7.32. The molecule has 3 aromatic rings. The van der Waals surface area contributed by atoms with Gasteiger partial charge in [0.1, 0.15) is 0 Å². The van der Waals surface area contributed by atoms with Gasteiger partial charge in [-0.1, -0.05) is 78.4 Å². The Morgan fingerprint density at radius 1 is 0.727 bits per heavy atom. The molecule has 2 heteroatoms. The molecule has 0 saturated heterocycles. The van der Waals surface area contributed by atoms with Gasteiger partial charge < -0.3 is 0 Å². The van der Waals surface area contributed by atoms with E-state index in [1.807, 2.05) is 24.3 Å². The van der Waals surface area contributed by atoms with Gasteiger partial charge in [-0.25, -0.2) is 0 Å². The smallest absolute Gasteiger partial charge is 0.0998 e. The summed E-state index contributed by atoms with van der Waals surface area (Å²) in [4.78, 5) is 0. The van der Waals surface area contributed by atoms with Gasteiger partial charge in [0.05, 0.1) is 11.6 Å². The van der Waals surface area contributed by atoms with Crippen molar-refractivity contribution in [2.24, 2.45) is 0 Å². The topological polar surface area (TPSA) is 23.8 Å². The first kappa shape index (κ1) is 14.5. The summed E-state index contributed by atoms with van der Waals surface area (Å²) in [5, 5.41) is 13.1. The number of benzene rings is 3. The van der Waals surface area contributed by atoms with Crippen molar-refractivity contribution in [1.82, 2.24) is 0 Å². The van der Waals surface area contributed by atoms with Crippen molar-refractivity contribution in [3.63, 3.8) is 0 Å². The molecule has 0 amide bonds. The van der Waals surface area contributed by atoms with E-state index < -0.39 is 7.92 Å². The summed E-state index contributed by atoms with van der Waals surface area (Å²) in [6.07, 6.45) is 0. The van der Waals surface area contributed by atoms with Gasteiger partial charge in [-0.3, -0.25) is 0 Å². The summed E-state index contributed by atoms with van der Waals surface area (Å²) < 4.78 is 0. The van der Waals surface area contributed by atoms with Gasteiger partial charge in [-0.2, -0.15) is 5.26 Å². The number of nitrogens with zero attached hydrogens (tertiary/aromatic N) is 1. The molecule has 0 aromatic heterocycles. The van der Waals surface area contributed by atoms with E-state index in [2.05, 4.69) is 67.6 Å². The average Bonchev–Trinajstić information content (AvgIpc) is 2.58. The van der Waals surface area contributed by atoms with Gasteiger partial charge in [0.25, 0.3) is 0 Å². The van der Waals surface area contributed by atoms with Crippen LogP contribution in [0.2, 0.25) is 0 Å². The lowest BCUT2D eigenvalue weighted by atomic mass is 10.2. The van der Waals surface area contributed by atoms with Crippen molar-refractivity contribution in [3.8, 4) is 6.07 Å². The normalized spacial score (nSPS) is 11.6. The first-order valence-electron chi connectivity index (χ1n) is 7.20. The monoisotopic (exact) mass is 301 g/mol. The minimum atomic E-state index is -0.707. The van der Waals surface area contributed by atoms with Gasteiger partial charge in [-0.05, 0) is 31.5 Å². The Morgan fingerprint density at radius 2 is 1.32 bits per heavy atom. The zero-order valence-corrected chi connectivity index (χ0v) is 13.3. The molecule has 1 unspecified atom stereocenters. The van der Waals surface area contributed by atoms with Crippen molar-refractivity contribution in [3.05, 3.63) is 90.0 Å². The fourth-order valence-electron chi connectivity index (χ4n) is 2.46. The third-order valence-electron chi connectivity index (χ3n) is 3.57. The van der Waals surface area contributed by atoms with Crippen LogP contribution in [0.5, 0.6) is 0 Å². The summed E-state index contributed by atoms with van der Waals surface area (Å²) in [6.45, 7) is 2.10. The van der Waals surface area contributed by atoms with Gasteiger partial charge >= 0.3 is 0 Å². The quantitative estimate of drug-likeness (QED) is 0.678. The second-order valence-electron chi connectivity index (χ2n) is 5.14. The summed E-state index contributed by atoms with van der Waals surface area (Å²) in [5.41, 5.74) is 2.01. The molecule has 3 rings (SSSR count). The molecule has 0 radical (unpaired) electrons. The predicted molar refractivity (Wildman–Crippen MR) is 94.6 cm³/mol. The van der Waals surface area contributed by atoms with E-state index in [9.17, 15) is 5.26 Å². The van der Waals surface area contributed by atoms with Crippen LogP contribution in [-0.4, -0.2) is 0 Å². The summed E-state index contributed by atoms with van der Waals surface area (Å²) in [7, 11) is -0.707. The second kappa shape index (κ2) is 6.56. The minimum absolute atomic E-state index is 0.707. The molecule has 0 N–H and O–H groups in total. The maximum atomic E-state index is 9.47. The lowest BCUT2D eigenvalue weighted by Crippen LogP contribution is -2.22. The fourth-order valence-corrected chi connectivity index (χ4v) is 4.83. The van der Waals surface area contributed by atoms with Crippen LogP contribution in [0.25, 0.3) is 0 Å². The fraction of sp³-hybridized carbons (Fsp3) is 0.0500. The summed E-state index contributed by atoms with van der Waals surface area (Å²) in [6, 6.07) is 29.4. The van der Waals surface area contributed by atoms with E-state index in [1.54, 1.807) is 0 Å². The molecule has 0 fully saturated rings. The number of aryl methyl sites for hydroxylation is 1. The van der Waals surface area contributed by atoms with Crippen LogP contribution >= 0.6 is 7.92 Å². The molecule has 0 saturated carbocycles. The Balaban J connectivity index is 2.20. The lowest BCUT2D eigenvalue weighted by Gasteiger charge is -2.20. The van der Waals surface area contributed by atoms with E-state index in [4.69, 9.17) is 0 Å². The zero-order chi connectivity index (χ0) is 15.4. The number of hydrogen-bond donors (Lipinski definition) is 0. The molecule has 22 heavy (non-hydrogen) atoms. The van der Waals surface area contributed by atoms with Crippen molar-refractivity contribution >= 4 is 23.8 Å². The molecule has 1 nitrogen and oxygen atoms in total. The van der Waals surface area contributed by atoms with Crippen LogP contribution in [0, 0.1) is 18.3 Å². The highest BCUT2D eigenvalue weighted by molar-refractivity contribution is 7.79. The molecule has 0 heterocycles. The van der Waals surface area contributed by atoms with Crippen molar-refractivity contribution in [2.45, 2.75) is 6.92 Å². The SMILES string of the molecule is Cc1ccc(P(c2ccccc2)c2ccccc2C#N)cc1. The van der Waals surface area contributed by atoms with Gasteiger partial charge in [-0.15, -0.1) is 0 Å². The zero-order valence-electron chi connectivity index (χ0n) is 12.4. The van der Waals surface area contributed by atoms with E-state index in [0.29, 0.717) is 0 Å². The van der Waals surface area contributed by atoms with Gasteiger partial charge in [0.2, 0.25) is 0 Å². The van der Waals surface area contributed by atoms with Crippen LogP contribution in [0.1, 0.15) is 11.1 Å². The maximum Gasteiger partial charge on any atom is 0.0998 e. The average molecular weight is 301 g/mol. The first-order chi connectivity index (χ1) is 10.8. The third kappa shape index (κ3) is 2.93. The van der Waals surface area contributed by atoms with Crippen LogP contribution in [-0.2, 0) is 0 Å². The molecule has 0 bridgehead atoms. The van der Waals surface area contributed by atoms with E-state index >= 15 is 0 Å². The Morgan fingerprint density at radius 3 is 2.00 bits per heavy atom. The third-order valence-corrected chi connectivity index (χ3v) is 6.07. The molecular weight excluding hydrogens is 285 g/mol. The summed E-state index contributed by atoms with van der Waals surface area (Å²) >= 11 is 0. The Kier molecular flexibility index (Phi) is 4.33. The Hall–Kier alpha value is -2.42. The number of nitriles is 1. The van der Waals surface area contributed by atoms with Crippen LogP contribution in [0.15, 0.2) is 78.9 Å². The lowest BCUT2D eigenvalue weighted by molar-refractivity contribution is 1.49.